The summed E-state index contributed by atoms with van der Waals surface area (Å²) in [6.07, 6.45) is 0. The summed E-state index contributed by atoms with van der Waals surface area (Å²) in [4.78, 5) is 16.8. The average molecular weight is 258 g/mol. The Balaban J connectivity index is 1.93. The fourth-order valence-corrected chi connectivity index (χ4v) is 3.05. The Labute approximate surface area is 115 Å². The fourth-order valence-electron chi connectivity index (χ4n) is 3.05. The summed E-state index contributed by atoms with van der Waals surface area (Å²) in [6.45, 7) is 11.4. The van der Waals surface area contributed by atoms with Crippen LogP contribution in [-0.4, -0.2) is 27.8 Å². The smallest absolute Gasteiger partial charge is 0.254 e. The van der Waals surface area contributed by atoms with E-state index in [0.29, 0.717) is 6.04 Å². The van der Waals surface area contributed by atoms with Crippen LogP contribution in [0.1, 0.15) is 54.7 Å². The molecule has 2 heterocycles. The normalized spacial score (nSPS) is 18.6. The molecular weight excluding hydrogens is 236 g/mol. The number of carbonyl (C=O) groups excluding carboxylic acids is 1. The number of amides is 1. The minimum Gasteiger partial charge on any atom is -0.332 e. The molecule has 0 fully saturated rings. The van der Waals surface area contributed by atoms with E-state index in [0.717, 1.165) is 25.2 Å². The SMILES string of the molecule is CC(C)N1Cc2cc3c(cc2C1)C(=O)N(C(C)C)C3. The van der Waals surface area contributed by atoms with Crippen molar-refractivity contribution >= 4 is 5.91 Å². The summed E-state index contributed by atoms with van der Waals surface area (Å²) in [7, 11) is 0. The van der Waals surface area contributed by atoms with Gasteiger partial charge in [0.25, 0.3) is 5.91 Å². The highest BCUT2D eigenvalue weighted by Crippen LogP contribution is 2.32. The van der Waals surface area contributed by atoms with Gasteiger partial charge in [0.05, 0.1) is 0 Å². The maximum atomic E-state index is 12.4. The molecule has 102 valence electrons. The molecular formula is C16H22N2O. The van der Waals surface area contributed by atoms with Gasteiger partial charge >= 0.3 is 0 Å². The van der Waals surface area contributed by atoms with Crippen LogP contribution in [0.3, 0.4) is 0 Å². The number of hydrogen-bond donors (Lipinski definition) is 0. The van der Waals surface area contributed by atoms with Gasteiger partial charge in [0.15, 0.2) is 0 Å². The Morgan fingerprint density at radius 3 is 2.11 bits per heavy atom. The molecule has 0 aliphatic carbocycles. The van der Waals surface area contributed by atoms with E-state index in [2.05, 4.69) is 44.7 Å². The van der Waals surface area contributed by atoms with E-state index in [4.69, 9.17) is 0 Å². The van der Waals surface area contributed by atoms with E-state index in [1.807, 2.05) is 4.90 Å². The van der Waals surface area contributed by atoms with Gasteiger partial charge in [-0.1, -0.05) is 6.07 Å². The van der Waals surface area contributed by atoms with Crippen molar-refractivity contribution < 1.29 is 4.79 Å². The van der Waals surface area contributed by atoms with E-state index in [1.54, 1.807) is 0 Å². The Morgan fingerprint density at radius 2 is 1.53 bits per heavy atom. The number of rotatable bonds is 2. The predicted octanol–water partition coefficient (Wildman–Crippen LogP) is 2.77. The van der Waals surface area contributed by atoms with Crippen LogP contribution in [0.25, 0.3) is 0 Å². The first kappa shape index (κ1) is 12.7. The Hall–Kier alpha value is -1.35. The third-order valence-corrected chi connectivity index (χ3v) is 4.36. The number of nitrogens with zero attached hydrogens (tertiary/aromatic N) is 2. The zero-order valence-corrected chi connectivity index (χ0v) is 12.2. The van der Waals surface area contributed by atoms with Gasteiger partial charge in [-0.2, -0.15) is 0 Å². The zero-order chi connectivity index (χ0) is 13.7. The lowest BCUT2D eigenvalue weighted by Gasteiger charge is -2.20. The molecule has 0 spiro atoms. The largest absolute Gasteiger partial charge is 0.332 e. The molecule has 3 heteroatoms. The molecule has 2 aliphatic heterocycles. The van der Waals surface area contributed by atoms with E-state index >= 15 is 0 Å². The molecule has 0 atom stereocenters. The van der Waals surface area contributed by atoms with Crippen molar-refractivity contribution in [2.75, 3.05) is 0 Å². The topological polar surface area (TPSA) is 23.6 Å². The highest BCUT2D eigenvalue weighted by molar-refractivity contribution is 5.98. The Bertz CT molecular complexity index is 534. The van der Waals surface area contributed by atoms with Crippen LogP contribution < -0.4 is 0 Å². The second-order valence-corrected chi connectivity index (χ2v) is 6.30. The van der Waals surface area contributed by atoms with Gasteiger partial charge in [-0.05, 0) is 50.5 Å². The summed E-state index contributed by atoms with van der Waals surface area (Å²) in [6, 6.07) is 5.23. The molecule has 3 nitrogen and oxygen atoms in total. The van der Waals surface area contributed by atoms with Crippen LogP contribution in [0.5, 0.6) is 0 Å². The quantitative estimate of drug-likeness (QED) is 0.814. The van der Waals surface area contributed by atoms with Crippen LogP contribution in [-0.2, 0) is 19.6 Å². The molecule has 0 radical (unpaired) electrons. The minimum absolute atomic E-state index is 0.204. The Kier molecular flexibility index (Phi) is 2.90. The summed E-state index contributed by atoms with van der Waals surface area (Å²) < 4.78 is 0. The lowest BCUT2D eigenvalue weighted by atomic mass is 10.0. The standard InChI is InChI=1S/C16H22N2O/c1-10(2)17-7-12-5-14-9-18(11(3)4)16(19)15(14)6-13(12)8-17/h5-6,10-11H,7-9H2,1-4H3. The predicted molar refractivity (Wildman–Crippen MR) is 75.8 cm³/mol. The molecule has 0 N–H and O–H groups in total. The van der Waals surface area contributed by atoms with Crippen molar-refractivity contribution in [1.29, 1.82) is 0 Å². The number of carbonyl (C=O) groups is 1. The van der Waals surface area contributed by atoms with Crippen molar-refractivity contribution in [1.82, 2.24) is 9.80 Å². The number of fused-ring (bicyclic) bond motifs is 2. The molecule has 0 unspecified atom stereocenters. The second-order valence-electron chi connectivity index (χ2n) is 6.30. The Morgan fingerprint density at radius 1 is 0.895 bits per heavy atom. The lowest BCUT2D eigenvalue weighted by Crippen LogP contribution is -2.30. The van der Waals surface area contributed by atoms with Gasteiger partial charge in [-0.25, -0.2) is 0 Å². The van der Waals surface area contributed by atoms with Gasteiger partial charge in [0.1, 0.15) is 0 Å². The van der Waals surface area contributed by atoms with E-state index in [1.165, 1.54) is 16.7 Å². The molecule has 1 amide bonds. The van der Waals surface area contributed by atoms with Crippen molar-refractivity contribution in [3.8, 4) is 0 Å². The highest BCUT2D eigenvalue weighted by atomic mass is 16.2. The summed E-state index contributed by atoms with van der Waals surface area (Å²) in [5.74, 6) is 0.204. The van der Waals surface area contributed by atoms with Crippen LogP contribution in [0.4, 0.5) is 0 Å². The zero-order valence-electron chi connectivity index (χ0n) is 12.2. The van der Waals surface area contributed by atoms with Crippen molar-refractivity contribution in [3.63, 3.8) is 0 Å². The molecule has 1 aromatic rings. The van der Waals surface area contributed by atoms with Crippen LogP contribution in [0.15, 0.2) is 12.1 Å². The third kappa shape index (κ3) is 1.96. The van der Waals surface area contributed by atoms with Crippen molar-refractivity contribution in [3.05, 3.63) is 34.4 Å². The molecule has 19 heavy (non-hydrogen) atoms. The maximum absolute atomic E-state index is 12.4. The van der Waals surface area contributed by atoms with Gasteiger partial charge in [-0.3, -0.25) is 9.69 Å². The van der Waals surface area contributed by atoms with Crippen molar-refractivity contribution in [2.24, 2.45) is 0 Å². The lowest BCUT2D eigenvalue weighted by molar-refractivity contribution is 0.0730. The van der Waals surface area contributed by atoms with Gasteiger partial charge in [-0.15, -0.1) is 0 Å². The van der Waals surface area contributed by atoms with E-state index in [-0.39, 0.29) is 11.9 Å². The van der Waals surface area contributed by atoms with E-state index < -0.39 is 0 Å². The van der Waals surface area contributed by atoms with Crippen molar-refractivity contribution in [2.45, 2.75) is 59.4 Å². The van der Waals surface area contributed by atoms with E-state index in [9.17, 15) is 4.79 Å². The van der Waals surface area contributed by atoms with Crippen LogP contribution >= 0.6 is 0 Å². The van der Waals surface area contributed by atoms with Crippen LogP contribution in [0.2, 0.25) is 0 Å². The molecule has 0 saturated carbocycles. The summed E-state index contributed by atoms with van der Waals surface area (Å²) >= 11 is 0. The maximum Gasteiger partial charge on any atom is 0.254 e. The summed E-state index contributed by atoms with van der Waals surface area (Å²) in [5, 5.41) is 0. The second kappa shape index (κ2) is 4.34. The fraction of sp³-hybridized carbons (Fsp3) is 0.562. The molecule has 0 saturated heterocycles. The molecule has 0 aromatic heterocycles. The first-order valence-electron chi connectivity index (χ1n) is 7.17. The summed E-state index contributed by atoms with van der Waals surface area (Å²) in [5.41, 5.74) is 4.89. The molecule has 1 aromatic carbocycles. The monoisotopic (exact) mass is 258 g/mol. The first-order valence-corrected chi connectivity index (χ1v) is 7.17. The molecule has 2 aliphatic rings. The molecule has 0 bridgehead atoms. The number of hydrogen-bond acceptors (Lipinski definition) is 2. The van der Waals surface area contributed by atoms with Gasteiger partial charge in [0, 0.05) is 37.3 Å². The number of benzene rings is 1. The highest BCUT2D eigenvalue weighted by Gasteiger charge is 2.32. The third-order valence-electron chi connectivity index (χ3n) is 4.36. The minimum atomic E-state index is 0.204. The van der Waals surface area contributed by atoms with Crippen LogP contribution in [0, 0.1) is 0 Å². The van der Waals surface area contributed by atoms with Gasteiger partial charge < -0.3 is 4.90 Å². The average Bonchev–Trinajstić information content (AvgIpc) is 2.88. The first-order chi connectivity index (χ1) is 8.97. The van der Waals surface area contributed by atoms with Gasteiger partial charge in [0.2, 0.25) is 0 Å². The molecule has 3 rings (SSSR count).